The summed E-state index contributed by atoms with van der Waals surface area (Å²) in [7, 11) is 1.77. The zero-order valence-corrected chi connectivity index (χ0v) is 12.5. The van der Waals surface area contributed by atoms with Crippen molar-refractivity contribution in [3.05, 3.63) is 29.3 Å². The van der Waals surface area contributed by atoms with Gasteiger partial charge in [-0.05, 0) is 44.7 Å². The molecule has 0 aliphatic heterocycles. The number of methoxy groups -OCH3 is 1. The molecule has 0 aromatic heterocycles. The summed E-state index contributed by atoms with van der Waals surface area (Å²) < 4.78 is 5.54. The standard InChI is InChI=1S/C17H27NO/c1-4-11-18-16(9-8-14-6-7-14)15-12-13(2)5-10-17(15)19-3/h5,10,12,14,16,18H,4,6-9,11H2,1-3H3. The first kappa shape index (κ1) is 14.4. The van der Waals surface area contributed by atoms with Gasteiger partial charge in [-0.25, -0.2) is 0 Å². The first-order valence-corrected chi connectivity index (χ1v) is 7.62. The molecule has 2 heteroatoms. The van der Waals surface area contributed by atoms with Crippen molar-refractivity contribution >= 4 is 0 Å². The molecular weight excluding hydrogens is 234 g/mol. The van der Waals surface area contributed by atoms with Crippen LogP contribution in [0.15, 0.2) is 18.2 Å². The number of rotatable bonds is 8. The van der Waals surface area contributed by atoms with Crippen molar-refractivity contribution in [2.75, 3.05) is 13.7 Å². The van der Waals surface area contributed by atoms with Crippen LogP contribution in [-0.4, -0.2) is 13.7 Å². The Hall–Kier alpha value is -1.02. The average molecular weight is 261 g/mol. The Morgan fingerprint density at radius 1 is 1.37 bits per heavy atom. The number of aryl methyl sites for hydroxylation is 1. The molecular formula is C17H27NO. The molecule has 1 N–H and O–H groups in total. The quantitative estimate of drug-likeness (QED) is 0.756. The lowest BCUT2D eigenvalue weighted by molar-refractivity contribution is 0.391. The van der Waals surface area contributed by atoms with Crippen LogP contribution in [0.3, 0.4) is 0 Å². The minimum absolute atomic E-state index is 0.440. The monoisotopic (exact) mass is 261 g/mol. The lowest BCUT2D eigenvalue weighted by Crippen LogP contribution is -2.23. The van der Waals surface area contributed by atoms with Gasteiger partial charge >= 0.3 is 0 Å². The largest absolute Gasteiger partial charge is 0.496 e. The van der Waals surface area contributed by atoms with Gasteiger partial charge in [-0.1, -0.05) is 37.5 Å². The van der Waals surface area contributed by atoms with Gasteiger partial charge in [-0.3, -0.25) is 0 Å². The fraction of sp³-hybridized carbons (Fsp3) is 0.647. The van der Waals surface area contributed by atoms with Gasteiger partial charge in [0.15, 0.2) is 0 Å². The van der Waals surface area contributed by atoms with E-state index in [4.69, 9.17) is 4.74 Å². The van der Waals surface area contributed by atoms with Gasteiger partial charge in [0.1, 0.15) is 5.75 Å². The van der Waals surface area contributed by atoms with E-state index >= 15 is 0 Å². The highest BCUT2D eigenvalue weighted by Crippen LogP contribution is 2.37. The number of nitrogens with one attached hydrogen (secondary N) is 1. The van der Waals surface area contributed by atoms with Gasteiger partial charge in [-0.2, -0.15) is 0 Å². The van der Waals surface area contributed by atoms with E-state index in [1.807, 2.05) is 0 Å². The Morgan fingerprint density at radius 3 is 2.79 bits per heavy atom. The summed E-state index contributed by atoms with van der Waals surface area (Å²) in [5, 5.41) is 3.69. The van der Waals surface area contributed by atoms with Crippen molar-refractivity contribution < 1.29 is 4.74 Å². The van der Waals surface area contributed by atoms with Crippen LogP contribution in [0.5, 0.6) is 5.75 Å². The molecule has 1 aromatic rings. The highest BCUT2D eigenvalue weighted by molar-refractivity contribution is 5.39. The molecule has 1 saturated carbocycles. The number of benzene rings is 1. The molecule has 1 aliphatic carbocycles. The highest BCUT2D eigenvalue weighted by atomic mass is 16.5. The maximum atomic E-state index is 5.54. The van der Waals surface area contributed by atoms with E-state index in [1.165, 1.54) is 43.2 Å². The summed E-state index contributed by atoms with van der Waals surface area (Å²) in [4.78, 5) is 0. The molecule has 1 fully saturated rings. The van der Waals surface area contributed by atoms with E-state index in [-0.39, 0.29) is 0 Å². The second-order valence-electron chi connectivity index (χ2n) is 5.77. The third-order valence-electron chi connectivity index (χ3n) is 3.96. The minimum Gasteiger partial charge on any atom is -0.496 e. The summed E-state index contributed by atoms with van der Waals surface area (Å²) in [6.07, 6.45) is 6.62. The van der Waals surface area contributed by atoms with Crippen molar-refractivity contribution in [2.24, 2.45) is 5.92 Å². The lowest BCUT2D eigenvalue weighted by Gasteiger charge is -2.22. The molecule has 0 saturated heterocycles. The van der Waals surface area contributed by atoms with Crippen LogP contribution in [-0.2, 0) is 0 Å². The van der Waals surface area contributed by atoms with E-state index < -0.39 is 0 Å². The molecule has 0 heterocycles. The molecule has 106 valence electrons. The van der Waals surface area contributed by atoms with Gasteiger partial charge in [0.05, 0.1) is 7.11 Å². The first-order valence-electron chi connectivity index (χ1n) is 7.62. The second kappa shape index (κ2) is 6.95. The Labute approximate surface area is 117 Å². The molecule has 19 heavy (non-hydrogen) atoms. The molecule has 1 aliphatic rings. The van der Waals surface area contributed by atoms with Crippen molar-refractivity contribution in [3.8, 4) is 5.75 Å². The molecule has 1 atom stereocenters. The predicted octanol–water partition coefficient (Wildman–Crippen LogP) is 4.23. The van der Waals surface area contributed by atoms with Crippen LogP contribution in [0.1, 0.15) is 56.2 Å². The van der Waals surface area contributed by atoms with Crippen LogP contribution in [0.4, 0.5) is 0 Å². The van der Waals surface area contributed by atoms with Gasteiger partial charge in [0, 0.05) is 11.6 Å². The average Bonchev–Trinajstić information content (AvgIpc) is 3.23. The smallest absolute Gasteiger partial charge is 0.123 e. The summed E-state index contributed by atoms with van der Waals surface area (Å²) >= 11 is 0. The summed E-state index contributed by atoms with van der Waals surface area (Å²) in [6.45, 7) is 5.45. The van der Waals surface area contributed by atoms with E-state index in [2.05, 4.69) is 37.4 Å². The fourth-order valence-electron chi connectivity index (χ4n) is 2.62. The molecule has 2 rings (SSSR count). The topological polar surface area (TPSA) is 21.3 Å². The van der Waals surface area contributed by atoms with Crippen molar-refractivity contribution in [1.82, 2.24) is 5.32 Å². The highest BCUT2D eigenvalue weighted by Gasteiger charge is 2.24. The minimum atomic E-state index is 0.440. The van der Waals surface area contributed by atoms with Gasteiger partial charge < -0.3 is 10.1 Å². The second-order valence-corrected chi connectivity index (χ2v) is 5.77. The third kappa shape index (κ3) is 4.24. The zero-order chi connectivity index (χ0) is 13.7. The zero-order valence-electron chi connectivity index (χ0n) is 12.5. The van der Waals surface area contributed by atoms with Crippen LogP contribution < -0.4 is 10.1 Å². The summed E-state index contributed by atoms with van der Waals surface area (Å²) in [6, 6.07) is 6.94. The number of hydrogen-bond acceptors (Lipinski definition) is 2. The Kier molecular flexibility index (Phi) is 5.26. The molecule has 0 bridgehead atoms. The van der Waals surface area contributed by atoms with Gasteiger partial charge in [-0.15, -0.1) is 0 Å². The number of ether oxygens (including phenoxy) is 1. The summed E-state index contributed by atoms with van der Waals surface area (Å²) in [5.41, 5.74) is 2.64. The van der Waals surface area contributed by atoms with Crippen LogP contribution >= 0.6 is 0 Å². The van der Waals surface area contributed by atoms with E-state index in [9.17, 15) is 0 Å². The third-order valence-corrected chi connectivity index (χ3v) is 3.96. The van der Waals surface area contributed by atoms with Crippen LogP contribution in [0.2, 0.25) is 0 Å². The molecule has 1 aromatic carbocycles. The van der Waals surface area contributed by atoms with Gasteiger partial charge in [0.2, 0.25) is 0 Å². The molecule has 0 amide bonds. The maximum Gasteiger partial charge on any atom is 0.123 e. The maximum absolute atomic E-state index is 5.54. The summed E-state index contributed by atoms with van der Waals surface area (Å²) in [5.74, 6) is 2.01. The molecule has 0 radical (unpaired) electrons. The van der Waals surface area contributed by atoms with E-state index in [0.717, 1.165) is 18.2 Å². The Balaban J connectivity index is 2.11. The fourth-order valence-corrected chi connectivity index (χ4v) is 2.62. The first-order chi connectivity index (χ1) is 9.24. The molecule has 1 unspecified atom stereocenters. The van der Waals surface area contributed by atoms with E-state index in [0.29, 0.717) is 6.04 Å². The van der Waals surface area contributed by atoms with Crippen molar-refractivity contribution in [2.45, 2.75) is 52.0 Å². The van der Waals surface area contributed by atoms with Crippen LogP contribution in [0.25, 0.3) is 0 Å². The lowest BCUT2D eigenvalue weighted by atomic mass is 9.97. The normalized spacial score (nSPS) is 16.4. The predicted molar refractivity (Wildman–Crippen MR) is 80.7 cm³/mol. The SMILES string of the molecule is CCCNC(CCC1CC1)c1cc(C)ccc1OC. The molecule has 0 spiro atoms. The molecule has 2 nitrogen and oxygen atoms in total. The number of hydrogen-bond donors (Lipinski definition) is 1. The van der Waals surface area contributed by atoms with Gasteiger partial charge in [0.25, 0.3) is 0 Å². The van der Waals surface area contributed by atoms with Crippen LogP contribution in [0, 0.1) is 12.8 Å². The Bertz CT molecular complexity index is 398. The Morgan fingerprint density at radius 2 is 2.16 bits per heavy atom. The van der Waals surface area contributed by atoms with E-state index in [1.54, 1.807) is 7.11 Å². The van der Waals surface area contributed by atoms with Crippen molar-refractivity contribution in [3.63, 3.8) is 0 Å². The van der Waals surface area contributed by atoms with Crippen molar-refractivity contribution in [1.29, 1.82) is 0 Å².